The first kappa shape index (κ1) is 24.2. The molecule has 0 fully saturated rings. The summed E-state index contributed by atoms with van der Waals surface area (Å²) in [5.74, 6) is -4.54. The van der Waals surface area contributed by atoms with Gasteiger partial charge < -0.3 is 15.4 Å². The molecule has 0 saturated carbocycles. The van der Waals surface area contributed by atoms with Crippen molar-refractivity contribution in [3.05, 3.63) is 80.6 Å². The number of nitrogens with one attached hydrogen (secondary N) is 1. The number of rotatable bonds is 2. The molecular weight excluding hydrogens is 505 g/mol. The minimum atomic E-state index is -4.77. The molecule has 12 heteroatoms. The number of thioether (sulfide) groups is 1. The predicted octanol–water partition coefficient (Wildman–Crippen LogP) is 4.60. The van der Waals surface area contributed by atoms with Crippen molar-refractivity contribution < 1.29 is 31.9 Å². The summed E-state index contributed by atoms with van der Waals surface area (Å²) in [7, 11) is 0. The van der Waals surface area contributed by atoms with Crippen molar-refractivity contribution in [1.82, 2.24) is 9.58 Å². The molecule has 188 valence electrons. The topological polar surface area (TPSA) is 74.6 Å². The first-order chi connectivity index (χ1) is 17.0. The zero-order valence-electron chi connectivity index (χ0n) is 18.6. The van der Waals surface area contributed by atoms with Gasteiger partial charge in [0.05, 0.1) is 5.69 Å². The van der Waals surface area contributed by atoms with Gasteiger partial charge in [-0.3, -0.25) is 9.59 Å². The molecule has 1 amide bonds. The highest BCUT2D eigenvalue weighted by molar-refractivity contribution is 7.98. The van der Waals surface area contributed by atoms with Crippen LogP contribution in [0.25, 0.3) is 11.3 Å². The lowest BCUT2D eigenvalue weighted by atomic mass is 9.92. The highest BCUT2D eigenvalue weighted by Crippen LogP contribution is 2.41. The molecule has 5 rings (SSSR count). The van der Waals surface area contributed by atoms with E-state index in [4.69, 9.17) is 0 Å². The molecule has 0 spiro atoms. The van der Waals surface area contributed by atoms with Crippen LogP contribution in [0, 0.1) is 11.6 Å². The number of fused-ring (bicyclic) bond motifs is 3. The molecule has 6 nitrogen and oxygen atoms in total. The lowest BCUT2D eigenvalue weighted by Gasteiger charge is -2.37. The van der Waals surface area contributed by atoms with E-state index >= 15 is 4.39 Å². The summed E-state index contributed by atoms with van der Waals surface area (Å²) in [6.07, 6.45) is -4.59. The van der Waals surface area contributed by atoms with Gasteiger partial charge in [-0.25, -0.2) is 13.5 Å². The van der Waals surface area contributed by atoms with Crippen molar-refractivity contribution in [2.75, 3.05) is 12.1 Å². The van der Waals surface area contributed by atoms with Gasteiger partial charge in [0, 0.05) is 22.3 Å². The molecule has 2 aliphatic rings. The maximum absolute atomic E-state index is 15.4. The first-order valence-corrected chi connectivity index (χ1v) is 11.8. The summed E-state index contributed by atoms with van der Waals surface area (Å²) in [5, 5.41) is 10.4. The Morgan fingerprint density at radius 3 is 2.56 bits per heavy atom. The fraction of sp³-hybridized carbons (Fsp3) is 0.250. The summed E-state index contributed by atoms with van der Waals surface area (Å²) < 4.78 is 71.0. The number of aromatic nitrogens is 1. The van der Waals surface area contributed by atoms with Crippen LogP contribution < -0.4 is 10.9 Å². The number of pyridine rings is 1. The minimum absolute atomic E-state index is 0.181. The second-order valence-electron chi connectivity index (χ2n) is 8.49. The molecule has 1 atom stereocenters. The third-order valence-electron chi connectivity index (χ3n) is 6.39. The Bertz CT molecular complexity index is 1470. The molecule has 2 aromatic carbocycles. The third-order valence-corrected chi connectivity index (χ3v) is 7.56. The average Bonchev–Trinajstić information content (AvgIpc) is 3.01. The van der Waals surface area contributed by atoms with Gasteiger partial charge in [-0.15, -0.1) is 11.8 Å². The van der Waals surface area contributed by atoms with Gasteiger partial charge in [-0.05, 0) is 42.2 Å². The molecule has 0 bridgehead atoms. The number of alkyl halides is 3. The van der Waals surface area contributed by atoms with E-state index in [-0.39, 0.29) is 17.7 Å². The van der Waals surface area contributed by atoms with Crippen LogP contribution in [0.3, 0.4) is 0 Å². The van der Waals surface area contributed by atoms with E-state index in [1.807, 2.05) is 18.2 Å². The Morgan fingerprint density at radius 1 is 1.11 bits per heavy atom. The van der Waals surface area contributed by atoms with Crippen molar-refractivity contribution in [2.24, 2.45) is 0 Å². The number of halogens is 5. The summed E-state index contributed by atoms with van der Waals surface area (Å²) >= 11 is 1.43. The molecule has 0 radical (unpaired) electrons. The average molecular weight is 523 g/mol. The van der Waals surface area contributed by atoms with Crippen molar-refractivity contribution in [3.8, 4) is 17.0 Å². The number of amides is 1. The van der Waals surface area contributed by atoms with Crippen LogP contribution in [0.2, 0.25) is 0 Å². The molecule has 0 aliphatic carbocycles. The van der Waals surface area contributed by atoms with Gasteiger partial charge in [0.15, 0.2) is 23.1 Å². The number of aromatic hydroxyl groups is 1. The van der Waals surface area contributed by atoms with Crippen LogP contribution in [0.15, 0.2) is 46.1 Å². The Morgan fingerprint density at radius 2 is 1.83 bits per heavy atom. The van der Waals surface area contributed by atoms with Gasteiger partial charge >= 0.3 is 6.18 Å². The van der Waals surface area contributed by atoms with E-state index in [1.54, 1.807) is 6.07 Å². The highest BCUT2D eigenvalue weighted by atomic mass is 32.2. The fourth-order valence-corrected chi connectivity index (χ4v) is 5.51. The first-order valence-electron chi connectivity index (χ1n) is 10.8. The number of carbonyl (C=O) groups excluding carboxylic acids is 1. The van der Waals surface area contributed by atoms with Gasteiger partial charge in [0.2, 0.25) is 5.43 Å². The third kappa shape index (κ3) is 3.80. The summed E-state index contributed by atoms with van der Waals surface area (Å²) in [4.78, 5) is 27.0. The van der Waals surface area contributed by atoms with Gasteiger partial charge in [-0.2, -0.15) is 13.2 Å². The van der Waals surface area contributed by atoms with Crippen LogP contribution >= 0.6 is 11.8 Å². The Labute approximate surface area is 205 Å². The van der Waals surface area contributed by atoms with Crippen LogP contribution in [0.4, 0.5) is 22.0 Å². The molecule has 0 unspecified atom stereocenters. The second kappa shape index (κ2) is 8.54. The van der Waals surface area contributed by atoms with Gasteiger partial charge in [0.25, 0.3) is 5.91 Å². The van der Waals surface area contributed by atoms with E-state index in [2.05, 4.69) is 5.43 Å². The molecule has 0 saturated heterocycles. The normalized spacial score (nSPS) is 15.9. The van der Waals surface area contributed by atoms with E-state index < -0.39 is 53.3 Å². The van der Waals surface area contributed by atoms with Gasteiger partial charge in [-0.1, -0.05) is 18.2 Å². The van der Waals surface area contributed by atoms with Gasteiger partial charge in [0.1, 0.15) is 12.7 Å². The Balaban J connectivity index is 1.74. The molecular formula is C24H18F5N3O3S. The summed E-state index contributed by atoms with van der Waals surface area (Å²) in [6.45, 7) is 0.106. The smallest absolute Gasteiger partial charge is 0.408 e. The molecule has 2 N–H and O–H groups in total. The lowest BCUT2D eigenvalue weighted by Crippen LogP contribution is -2.54. The SMILES string of the molecule is C[C@@H](N1CNn2c(-c3c(F)c(F)cc4c3Cc3ccccc3SC4)cc(=O)c(O)c2C1=O)C(F)(F)F. The van der Waals surface area contributed by atoms with Crippen molar-refractivity contribution in [3.63, 3.8) is 0 Å². The summed E-state index contributed by atoms with van der Waals surface area (Å²) in [6, 6.07) is 7.02. The Hall–Kier alpha value is -3.54. The number of carbonyl (C=O) groups is 1. The van der Waals surface area contributed by atoms with Crippen LogP contribution in [0.5, 0.6) is 5.75 Å². The molecule has 36 heavy (non-hydrogen) atoms. The van der Waals surface area contributed by atoms with E-state index in [9.17, 15) is 32.3 Å². The van der Waals surface area contributed by atoms with Crippen LogP contribution in [0.1, 0.15) is 34.1 Å². The number of hydrogen-bond donors (Lipinski definition) is 2. The standard InChI is InChI=1S/C24H18F5N3O3S/c1-11(24(27,28)29)31-10-30-32-16(8-17(33)22(34)21(32)23(31)35)19-14-6-12-4-2-3-5-18(12)36-9-13(14)7-15(25)20(19)26/h2-5,7-8,11,30,34H,6,9-10H2,1H3/t11-/m1/s1. The molecule has 1 aromatic heterocycles. The zero-order valence-corrected chi connectivity index (χ0v) is 19.4. The largest absolute Gasteiger partial charge is 0.502 e. The number of hydrogen-bond acceptors (Lipinski definition) is 5. The zero-order chi connectivity index (χ0) is 25.9. The minimum Gasteiger partial charge on any atom is -0.502 e. The van der Waals surface area contributed by atoms with Crippen LogP contribution in [-0.4, -0.2) is 39.5 Å². The van der Waals surface area contributed by atoms with Crippen molar-refractivity contribution in [1.29, 1.82) is 0 Å². The van der Waals surface area contributed by atoms with Crippen molar-refractivity contribution >= 4 is 17.7 Å². The summed E-state index contributed by atoms with van der Waals surface area (Å²) in [5.41, 5.74) is 1.72. The quantitative estimate of drug-likeness (QED) is 0.481. The Kier molecular flexibility index (Phi) is 5.73. The fourth-order valence-electron chi connectivity index (χ4n) is 4.44. The highest BCUT2D eigenvalue weighted by Gasteiger charge is 2.45. The maximum Gasteiger partial charge on any atom is 0.408 e. The monoisotopic (exact) mass is 523 g/mol. The molecule has 3 heterocycles. The molecule has 3 aromatic rings. The number of nitrogens with zero attached hydrogens (tertiary/aromatic N) is 2. The van der Waals surface area contributed by atoms with Crippen LogP contribution in [-0.2, 0) is 12.2 Å². The number of benzene rings is 2. The predicted molar refractivity (Wildman–Crippen MR) is 122 cm³/mol. The second-order valence-corrected chi connectivity index (χ2v) is 9.51. The maximum atomic E-state index is 15.4. The van der Waals surface area contributed by atoms with E-state index in [0.29, 0.717) is 21.8 Å². The van der Waals surface area contributed by atoms with E-state index in [1.165, 1.54) is 11.8 Å². The van der Waals surface area contributed by atoms with Crippen molar-refractivity contribution in [2.45, 2.75) is 36.2 Å². The lowest BCUT2D eigenvalue weighted by molar-refractivity contribution is -0.172. The molecule has 2 aliphatic heterocycles. The van der Waals surface area contributed by atoms with E-state index in [0.717, 1.165) is 34.2 Å².